The third-order valence-electron chi connectivity index (χ3n) is 6.61. The van der Waals surface area contributed by atoms with E-state index in [1.165, 1.54) is 15.9 Å². The first-order valence-electron chi connectivity index (χ1n) is 11.6. The molecule has 2 aromatic carbocycles. The minimum Gasteiger partial charge on any atom is -0.325 e. The van der Waals surface area contributed by atoms with E-state index in [9.17, 15) is 0 Å². The lowest BCUT2D eigenvalue weighted by atomic mass is 9.79. The van der Waals surface area contributed by atoms with Gasteiger partial charge in [0.1, 0.15) is 0 Å². The molecule has 2 aromatic rings. The van der Waals surface area contributed by atoms with Crippen LogP contribution in [0.4, 0.5) is 0 Å². The zero-order valence-corrected chi connectivity index (χ0v) is 22.0. The fourth-order valence-electron chi connectivity index (χ4n) is 5.12. The van der Waals surface area contributed by atoms with Gasteiger partial charge in [-0.2, -0.15) is 0 Å². The number of hydrogen-bond acceptors (Lipinski definition) is 1. The largest absolute Gasteiger partial charge is 0.325 e. The Labute approximate surface area is 191 Å². The second-order valence-electron chi connectivity index (χ2n) is 12.2. The lowest BCUT2D eigenvalue weighted by molar-refractivity contribution is 0.341. The first-order chi connectivity index (χ1) is 14.2. The van der Waals surface area contributed by atoms with E-state index in [2.05, 4.69) is 146 Å². The standard InChI is InChI=1S/C29H41NSi/c1-26(2,3)23-20-21-29(22-23,27(4,5)6)31(30-28(7,8)9,24-16-12-10-13-17-24)25-18-14-11-15-19-25/h10-22,30H,1-9H3. The average molecular weight is 432 g/mol. The Bertz CT molecular complexity index is 910. The highest BCUT2D eigenvalue weighted by Gasteiger charge is 2.61. The Hall–Kier alpha value is -1.90. The van der Waals surface area contributed by atoms with Crippen molar-refractivity contribution in [3.8, 4) is 0 Å². The summed E-state index contributed by atoms with van der Waals surface area (Å²) in [6.07, 6.45) is 7.57. The van der Waals surface area contributed by atoms with E-state index in [4.69, 9.17) is 0 Å². The fourth-order valence-corrected chi connectivity index (χ4v) is 11.2. The molecule has 0 fully saturated rings. The Morgan fingerprint density at radius 2 is 1.13 bits per heavy atom. The number of allylic oxidation sites excluding steroid dienone is 4. The minimum atomic E-state index is -2.57. The number of hydrogen-bond donors (Lipinski definition) is 1. The summed E-state index contributed by atoms with van der Waals surface area (Å²) < 4.78 is 0. The van der Waals surface area contributed by atoms with E-state index < -0.39 is 8.24 Å². The molecule has 0 heterocycles. The van der Waals surface area contributed by atoms with Crippen LogP contribution in [0.15, 0.2) is 84.5 Å². The summed E-state index contributed by atoms with van der Waals surface area (Å²) >= 11 is 0. The van der Waals surface area contributed by atoms with Crippen LogP contribution < -0.4 is 15.4 Å². The van der Waals surface area contributed by atoms with Crippen LogP contribution >= 0.6 is 0 Å². The fraction of sp³-hybridized carbons (Fsp3) is 0.448. The normalized spacial score (nSPS) is 20.1. The second-order valence-corrected chi connectivity index (χ2v) is 15.9. The maximum atomic E-state index is 4.31. The van der Waals surface area contributed by atoms with Crippen molar-refractivity contribution in [3.63, 3.8) is 0 Å². The van der Waals surface area contributed by atoms with Gasteiger partial charge in [0.2, 0.25) is 8.24 Å². The third kappa shape index (κ3) is 4.25. The van der Waals surface area contributed by atoms with Crippen molar-refractivity contribution in [1.82, 2.24) is 4.98 Å². The molecular weight excluding hydrogens is 390 g/mol. The molecule has 2 heteroatoms. The van der Waals surface area contributed by atoms with Gasteiger partial charge in [0, 0.05) is 10.6 Å². The third-order valence-corrected chi connectivity index (χ3v) is 12.4. The van der Waals surface area contributed by atoms with Gasteiger partial charge in [0.05, 0.1) is 0 Å². The van der Waals surface area contributed by atoms with Crippen molar-refractivity contribution in [2.24, 2.45) is 10.8 Å². The van der Waals surface area contributed by atoms with Crippen molar-refractivity contribution in [2.45, 2.75) is 72.9 Å². The summed E-state index contributed by atoms with van der Waals surface area (Å²) in [7, 11) is -2.57. The molecule has 0 saturated carbocycles. The smallest absolute Gasteiger partial charge is 0.204 e. The van der Waals surface area contributed by atoms with E-state index in [1.807, 2.05) is 0 Å². The van der Waals surface area contributed by atoms with Gasteiger partial charge in [-0.15, -0.1) is 0 Å². The minimum absolute atomic E-state index is 0.0205. The van der Waals surface area contributed by atoms with Crippen LogP contribution in [-0.2, 0) is 0 Å². The van der Waals surface area contributed by atoms with Gasteiger partial charge >= 0.3 is 0 Å². The highest BCUT2D eigenvalue weighted by molar-refractivity contribution is 7.03. The highest BCUT2D eigenvalue weighted by atomic mass is 28.3. The molecule has 1 unspecified atom stereocenters. The topological polar surface area (TPSA) is 12.0 Å². The Morgan fingerprint density at radius 1 is 0.677 bits per heavy atom. The highest BCUT2D eigenvalue weighted by Crippen LogP contribution is 2.59. The summed E-state index contributed by atoms with van der Waals surface area (Å²) in [6.45, 7) is 21.2. The molecular formula is C29H41NSi. The van der Waals surface area contributed by atoms with Gasteiger partial charge in [-0.3, -0.25) is 0 Å². The molecule has 1 N–H and O–H groups in total. The first kappa shape index (κ1) is 23.8. The molecule has 166 valence electrons. The van der Waals surface area contributed by atoms with Gasteiger partial charge < -0.3 is 4.98 Å². The molecule has 0 spiro atoms. The van der Waals surface area contributed by atoms with Crippen molar-refractivity contribution < 1.29 is 0 Å². The summed E-state index contributed by atoms with van der Waals surface area (Å²) in [5.74, 6) is 0. The van der Waals surface area contributed by atoms with Gasteiger partial charge in [-0.05, 0) is 47.5 Å². The molecule has 31 heavy (non-hydrogen) atoms. The predicted octanol–water partition coefficient (Wildman–Crippen LogP) is 6.46. The molecule has 0 amide bonds. The van der Waals surface area contributed by atoms with Crippen LogP contribution in [0.1, 0.15) is 62.3 Å². The lowest BCUT2D eigenvalue weighted by Crippen LogP contribution is -2.79. The van der Waals surface area contributed by atoms with Crippen LogP contribution in [0.3, 0.4) is 0 Å². The SMILES string of the molecule is CC(C)(C)N[Si](c1ccccc1)(c1ccccc1)C1(C(C)(C)C)C=CC(C(C)(C)C)=C1. The molecule has 1 aliphatic carbocycles. The van der Waals surface area contributed by atoms with Gasteiger partial charge in [0.15, 0.2) is 0 Å². The summed E-state index contributed by atoms with van der Waals surface area (Å²) in [6, 6.07) is 22.5. The summed E-state index contributed by atoms with van der Waals surface area (Å²) in [5.41, 5.74) is 1.52. The van der Waals surface area contributed by atoms with Crippen LogP contribution in [-0.4, -0.2) is 13.8 Å². The van der Waals surface area contributed by atoms with Gasteiger partial charge in [0.25, 0.3) is 0 Å². The maximum absolute atomic E-state index is 4.31. The zero-order chi connectivity index (χ0) is 23.1. The number of benzene rings is 2. The van der Waals surface area contributed by atoms with E-state index in [-0.39, 0.29) is 21.4 Å². The molecule has 1 atom stereocenters. The van der Waals surface area contributed by atoms with Crippen molar-refractivity contribution in [1.29, 1.82) is 0 Å². The second kappa shape index (κ2) is 7.90. The quantitative estimate of drug-likeness (QED) is 0.548. The van der Waals surface area contributed by atoms with E-state index in [0.717, 1.165) is 0 Å². The molecule has 0 aromatic heterocycles. The van der Waals surface area contributed by atoms with Crippen LogP contribution in [0, 0.1) is 10.8 Å². The Morgan fingerprint density at radius 3 is 1.45 bits per heavy atom. The number of nitrogens with one attached hydrogen (secondary N) is 1. The van der Waals surface area contributed by atoms with E-state index in [0.29, 0.717) is 0 Å². The van der Waals surface area contributed by atoms with Gasteiger partial charge in [-0.1, -0.05) is 120 Å². The summed E-state index contributed by atoms with van der Waals surface area (Å²) in [4.78, 5) is 4.31. The first-order valence-corrected chi connectivity index (χ1v) is 13.6. The van der Waals surface area contributed by atoms with Crippen molar-refractivity contribution in [2.75, 3.05) is 0 Å². The summed E-state index contributed by atoms with van der Waals surface area (Å²) in [5, 5.41) is 2.74. The predicted molar refractivity (Wildman–Crippen MR) is 140 cm³/mol. The monoisotopic (exact) mass is 431 g/mol. The zero-order valence-electron chi connectivity index (χ0n) is 21.0. The van der Waals surface area contributed by atoms with Crippen molar-refractivity contribution >= 4 is 18.6 Å². The van der Waals surface area contributed by atoms with E-state index >= 15 is 0 Å². The van der Waals surface area contributed by atoms with Gasteiger partial charge in [-0.25, -0.2) is 0 Å². The van der Waals surface area contributed by atoms with Crippen LogP contribution in [0.2, 0.25) is 5.04 Å². The van der Waals surface area contributed by atoms with Crippen LogP contribution in [0.5, 0.6) is 0 Å². The number of rotatable bonds is 4. The molecule has 0 aliphatic heterocycles. The molecule has 1 aliphatic rings. The molecule has 3 rings (SSSR count). The Balaban J connectivity index is 2.50. The lowest BCUT2D eigenvalue weighted by Gasteiger charge is -2.55. The maximum Gasteiger partial charge on any atom is 0.204 e. The molecule has 0 radical (unpaired) electrons. The van der Waals surface area contributed by atoms with Crippen molar-refractivity contribution in [3.05, 3.63) is 84.5 Å². The molecule has 0 bridgehead atoms. The molecule has 0 saturated heterocycles. The molecule has 1 nitrogen and oxygen atoms in total. The Kier molecular flexibility index (Phi) is 6.05. The van der Waals surface area contributed by atoms with E-state index in [1.54, 1.807) is 0 Å². The van der Waals surface area contributed by atoms with Crippen LogP contribution in [0.25, 0.3) is 0 Å². The average Bonchev–Trinajstić information content (AvgIpc) is 3.14.